The number of rotatable bonds is 5. The van der Waals surface area contributed by atoms with Crippen molar-refractivity contribution in [2.45, 2.75) is 52.4 Å². The van der Waals surface area contributed by atoms with Crippen LogP contribution in [0.3, 0.4) is 0 Å². The van der Waals surface area contributed by atoms with Crippen LogP contribution in [0.2, 0.25) is 0 Å². The first-order chi connectivity index (χ1) is 9.50. The van der Waals surface area contributed by atoms with Gasteiger partial charge in [-0.3, -0.25) is 0 Å². The number of nitrogens with one attached hydrogen (secondary N) is 1. The molecule has 5 heteroatoms. The molecule has 1 fully saturated rings. The highest BCUT2D eigenvalue weighted by molar-refractivity contribution is 7.09. The van der Waals surface area contributed by atoms with Crippen molar-refractivity contribution in [3.63, 3.8) is 0 Å². The summed E-state index contributed by atoms with van der Waals surface area (Å²) in [6, 6.07) is 0. The molecule has 1 saturated heterocycles. The average molecular weight is 296 g/mol. The van der Waals surface area contributed by atoms with Crippen LogP contribution in [0.15, 0.2) is 0 Å². The van der Waals surface area contributed by atoms with Crippen molar-refractivity contribution < 1.29 is 0 Å². The van der Waals surface area contributed by atoms with Gasteiger partial charge in [0.25, 0.3) is 0 Å². The number of aromatic nitrogens is 2. The zero-order valence-corrected chi connectivity index (χ0v) is 14.1. The highest BCUT2D eigenvalue weighted by Gasteiger charge is 2.25. The Morgan fingerprint density at radius 3 is 2.85 bits per heavy atom. The lowest BCUT2D eigenvalue weighted by Crippen LogP contribution is -2.39. The highest BCUT2D eigenvalue weighted by atomic mass is 32.1. The lowest BCUT2D eigenvalue weighted by atomic mass is 9.96. The fourth-order valence-corrected chi connectivity index (χ4v) is 3.43. The van der Waals surface area contributed by atoms with Crippen LogP contribution < -0.4 is 10.2 Å². The summed E-state index contributed by atoms with van der Waals surface area (Å²) in [5, 5.41) is 4.65. The van der Waals surface area contributed by atoms with Gasteiger partial charge in [-0.15, -0.1) is 0 Å². The number of piperidine rings is 1. The van der Waals surface area contributed by atoms with Crippen molar-refractivity contribution in [2.75, 3.05) is 31.1 Å². The first kappa shape index (κ1) is 15.7. The molecule has 2 heterocycles. The minimum atomic E-state index is 0.0482. The van der Waals surface area contributed by atoms with Crippen molar-refractivity contribution >= 4 is 16.7 Å². The molecule has 1 atom stereocenters. The highest BCUT2D eigenvalue weighted by Crippen LogP contribution is 2.28. The molecule has 0 spiro atoms. The molecule has 0 amide bonds. The van der Waals surface area contributed by atoms with E-state index in [1.54, 1.807) is 11.5 Å². The fraction of sp³-hybridized carbons (Fsp3) is 0.867. The summed E-state index contributed by atoms with van der Waals surface area (Å²) in [6.45, 7) is 13.2. The van der Waals surface area contributed by atoms with E-state index in [0.717, 1.165) is 43.1 Å². The lowest BCUT2D eigenvalue weighted by Gasteiger charge is -2.32. The Morgan fingerprint density at radius 2 is 2.20 bits per heavy atom. The van der Waals surface area contributed by atoms with Gasteiger partial charge >= 0.3 is 0 Å². The van der Waals surface area contributed by atoms with Crippen molar-refractivity contribution in [3.05, 3.63) is 5.82 Å². The predicted molar refractivity (Wildman–Crippen MR) is 86.7 cm³/mol. The second kappa shape index (κ2) is 6.85. The maximum atomic E-state index is 4.75. The van der Waals surface area contributed by atoms with Gasteiger partial charge in [0, 0.05) is 30.0 Å². The van der Waals surface area contributed by atoms with Crippen LogP contribution >= 0.6 is 11.5 Å². The molecular formula is C15H28N4S. The molecule has 20 heavy (non-hydrogen) atoms. The van der Waals surface area contributed by atoms with Crippen molar-refractivity contribution in [1.29, 1.82) is 0 Å². The maximum absolute atomic E-state index is 4.75. The molecule has 114 valence electrons. The molecule has 0 bridgehead atoms. The number of hydrogen-bond acceptors (Lipinski definition) is 5. The average Bonchev–Trinajstić information content (AvgIpc) is 2.89. The molecule has 0 aliphatic carbocycles. The largest absolute Gasteiger partial charge is 0.347 e. The van der Waals surface area contributed by atoms with Gasteiger partial charge < -0.3 is 10.2 Å². The molecule has 0 saturated carbocycles. The van der Waals surface area contributed by atoms with E-state index >= 15 is 0 Å². The summed E-state index contributed by atoms with van der Waals surface area (Å²) in [7, 11) is 0. The summed E-state index contributed by atoms with van der Waals surface area (Å²) in [5.74, 6) is 1.72. The van der Waals surface area contributed by atoms with Crippen LogP contribution in [0.5, 0.6) is 0 Å². The normalized spacial score (nSPS) is 20.4. The first-order valence-corrected chi connectivity index (χ1v) is 8.58. The summed E-state index contributed by atoms with van der Waals surface area (Å²) < 4.78 is 4.54. The minimum absolute atomic E-state index is 0.0482. The van der Waals surface area contributed by atoms with Gasteiger partial charge in [-0.1, -0.05) is 27.7 Å². The van der Waals surface area contributed by atoms with Gasteiger partial charge in [-0.2, -0.15) is 4.37 Å². The summed E-state index contributed by atoms with van der Waals surface area (Å²) >= 11 is 1.56. The summed E-state index contributed by atoms with van der Waals surface area (Å²) in [4.78, 5) is 7.17. The monoisotopic (exact) mass is 296 g/mol. The molecule has 1 aliphatic rings. The predicted octanol–water partition coefficient (Wildman–Crippen LogP) is 3.05. The van der Waals surface area contributed by atoms with Crippen LogP contribution in [0.25, 0.3) is 0 Å². The van der Waals surface area contributed by atoms with Gasteiger partial charge in [0.05, 0.1) is 0 Å². The van der Waals surface area contributed by atoms with Gasteiger partial charge in [0.15, 0.2) is 0 Å². The van der Waals surface area contributed by atoms with Crippen molar-refractivity contribution in [1.82, 2.24) is 14.7 Å². The second-order valence-corrected chi connectivity index (χ2v) is 7.54. The molecule has 1 N–H and O–H groups in total. The van der Waals surface area contributed by atoms with Crippen LogP contribution in [0.4, 0.5) is 5.13 Å². The number of nitrogens with zero attached hydrogens (tertiary/aromatic N) is 3. The molecule has 1 aliphatic heterocycles. The van der Waals surface area contributed by atoms with Crippen molar-refractivity contribution in [3.8, 4) is 0 Å². The van der Waals surface area contributed by atoms with Crippen molar-refractivity contribution in [2.24, 2.45) is 5.92 Å². The van der Waals surface area contributed by atoms with E-state index in [2.05, 4.69) is 42.3 Å². The minimum Gasteiger partial charge on any atom is -0.347 e. The van der Waals surface area contributed by atoms with Gasteiger partial charge in [-0.25, -0.2) is 4.98 Å². The van der Waals surface area contributed by atoms with Crippen LogP contribution in [-0.2, 0) is 5.41 Å². The molecule has 1 aromatic heterocycles. The molecule has 2 rings (SSSR count). The molecular weight excluding hydrogens is 268 g/mol. The van der Waals surface area contributed by atoms with E-state index in [1.807, 2.05) is 0 Å². The van der Waals surface area contributed by atoms with E-state index in [0.29, 0.717) is 0 Å². The zero-order chi connectivity index (χ0) is 14.6. The molecule has 0 aromatic carbocycles. The number of anilines is 1. The first-order valence-electron chi connectivity index (χ1n) is 7.80. The van der Waals surface area contributed by atoms with Gasteiger partial charge in [-0.05, 0) is 38.3 Å². The molecule has 1 aromatic rings. The summed E-state index contributed by atoms with van der Waals surface area (Å²) in [5.41, 5.74) is 0.0482. The Kier molecular flexibility index (Phi) is 5.38. The third-order valence-electron chi connectivity index (χ3n) is 3.74. The third-order valence-corrected chi connectivity index (χ3v) is 4.51. The Bertz CT molecular complexity index is 410. The smallest absolute Gasteiger partial charge is 0.205 e. The van der Waals surface area contributed by atoms with E-state index < -0.39 is 0 Å². The Hall–Kier alpha value is -0.680. The number of hydrogen-bond donors (Lipinski definition) is 1. The lowest BCUT2D eigenvalue weighted by molar-refractivity contribution is 0.392. The van der Waals surface area contributed by atoms with Crippen LogP contribution in [0, 0.1) is 5.92 Å². The maximum Gasteiger partial charge on any atom is 0.205 e. The molecule has 0 radical (unpaired) electrons. The van der Waals surface area contributed by atoms with Crippen LogP contribution in [-0.4, -0.2) is 35.5 Å². The van der Waals surface area contributed by atoms with Gasteiger partial charge in [0.2, 0.25) is 5.13 Å². The Morgan fingerprint density at radius 1 is 1.40 bits per heavy atom. The third kappa shape index (κ3) is 4.16. The van der Waals surface area contributed by atoms with Gasteiger partial charge in [0.1, 0.15) is 5.82 Å². The quantitative estimate of drug-likeness (QED) is 0.848. The molecule has 4 nitrogen and oxygen atoms in total. The van der Waals surface area contributed by atoms with E-state index in [9.17, 15) is 0 Å². The van der Waals surface area contributed by atoms with Crippen LogP contribution in [0.1, 0.15) is 52.8 Å². The fourth-order valence-electron chi connectivity index (χ4n) is 2.54. The summed E-state index contributed by atoms with van der Waals surface area (Å²) in [6.07, 6.45) is 3.81. The van der Waals surface area contributed by atoms with E-state index in [4.69, 9.17) is 4.98 Å². The Labute approximate surface area is 127 Å². The second-order valence-electron chi connectivity index (χ2n) is 6.81. The standard InChI is InChI=1S/C15H28N4S/c1-5-8-16-10-12-7-6-9-19(11-12)14-17-13(18-20-14)15(2,3)4/h12,16H,5-11H2,1-4H3. The zero-order valence-electron chi connectivity index (χ0n) is 13.3. The molecule has 1 unspecified atom stereocenters. The van der Waals surface area contributed by atoms with E-state index in [-0.39, 0.29) is 5.41 Å². The topological polar surface area (TPSA) is 41.0 Å². The Balaban J connectivity index is 1.93. The SMILES string of the molecule is CCCNCC1CCCN(c2nc(C(C)(C)C)ns2)C1. The van der Waals surface area contributed by atoms with E-state index in [1.165, 1.54) is 19.3 Å².